The van der Waals surface area contributed by atoms with Crippen LogP contribution in [0.15, 0.2) is 12.1 Å². The minimum Gasteiger partial charge on any atom is -0.384 e. The largest absolute Gasteiger partial charge is 0.384 e. The van der Waals surface area contributed by atoms with Gasteiger partial charge in [-0.3, -0.25) is 14.9 Å². The molecule has 6 nitrogen and oxygen atoms in total. The normalized spacial score (nSPS) is 18.0. The number of ether oxygens (including phenoxy) is 1. The summed E-state index contributed by atoms with van der Waals surface area (Å²) in [5.74, 6) is 0.00646. The predicted molar refractivity (Wildman–Crippen MR) is 79.0 cm³/mol. The van der Waals surface area contributed by atoms with E-state index in [4.69, 9.17) is 27.9 Å². The number of methoxy groups -OCH3 is 1. The summed E-state index contributed by atoms with van der Waals surface area (Å²) in [4.78, 5) is 24.3. The molecule has 1 saturated heterocycles. The Labute approximate surface area is 131 Å². The fraction of sp³-hybridized carbons (Fsp3) is 0.462. The highest BCUT2D eigenvalue weighted by molar-refractivity contribution is 6.43. The molecule has 8 heteroatoms. The van der Waals surface area contributed by atoms with Crippen LogP contribution in [0.4, 0.5) is 5.69 Å². The van der Waals surface area contributed by atoms with Gasteiger partial charge in [-0.25, -0.2) is 0 Å². The van der Waals surface area contributed by atoms with Crippen molar-refractivity contribution in [3.63, 3.8) is 0 Å². The van der Waals surface area contributed by atoms with Gasteiger partial charge in [0.2, 0.25) is 0 Å². The maximum absolute atomic E-state index is 12.4. The Morgan fingerprint density at radius 1 is 1.52 bits per heavy atom. The standard InChI is InChI=1S/C13H14Cl2N2O4/c1-21-7-8-2-3-16(6-8)13(18)9-4-10(14)12(15)11(5-9)17(19)20/h4-5,8H,2-3,6-7H2,1H3. The van der Waals surface area contributed by atoms with E-state index in [-0.39, 0.29) is 33.1 Å². The summed E-state index contributed by atoms with van der Waals surface area (Å²) in [5, 5.41) is 10.8. The van der Waals surface area contributed by atoms with Crippen LogP contribution in [0.1, 0.15) is 16.8 Å². The van der Waals surface area contributed by atoms with Crippen molar-refractivity contribution in [1.29, 1.82) is 0 Å². The van der Waals surface area contributed by atoms with E-state index < -0.39 is 4.92 Å². The van der Waals surface area contributed by atoms with Crippen LogP contribution in [0, 0.1) is 16.0 Å². The van der Waals surface area contributed by atoms with Gasteiger partial charge in [-0.05, 0) is 12.5 Å². The topological polar surface area (TPSA) is 72.7 Å². The lowest BCUT2D eigenvalue weighted by Crippen LogP contribution is -2.29. The van der Waals surface area contributed by atoms with E-state index in [2.05, 4.69) is 0 Å². The Morgan fingerprint density at radius 3 is 2.86 bits per heavy atom. The molecule has 1 aromatic carbocycles. The fourth-order valence-corrected chi connectivity index (χ4v) is 2.79. The fourth-order valence-electron chi connectivity index (χ4n) is 2.40. The van der Waals surface area contributed by atoms with E-state index in [1.807, 2.05) is 0 Å². The average Bonchev–Trinajstić information content (AvgIpc) is 2.89. The number of halogens is 2. The van der Waals surface area contributed by atoms with Crippen molar-refractivity contribution in [3.8, 4) is 0 Å². The lowest BCUT2D eigenvalue weighted by Gasteiger charge is -2.16. The highest BCUT2D eigenvalue weighted by Gasteiger charge is 2.29. The molecule has 1 heterocycles. The maximum Gasteiger partial charge on any atom is 0.290 e. The summed E-state index contributed by atoms with van der Waals surface area (Å²) in [6.07, 6.45) is 0.850. The first-order valence-corrected chi connectivity index (χ1v) is 7.11. The summed E-state index contributed by atoms with van der Waals surface area (Å²) < 4.78 is 5.08. The van der Waals surface area contributed by atoms with Gasteiger partial charge in [-0.15, -0.1) is 0 Å². The lowest BCUT2D eigenvalue weighted by molar-refractivity contribution is -0.384. The second kappa shape index (κ2) is 6.60. The van der Waals surface area contributed by atoms with Gasteiger partial charge in [-0.2, -0.15) is 0 Å². The number of likely N-dealkylation sites (tertiary alicyclic amines) is 1. The van der Waals surface area contributed by atoms with Gasteiger partial charge < -0.3 is 9.64 Å². The third-order valence-electron chi connectivity index (χ3n) is 3.43. The summed E-state index contributed by atoms with van der Waals surface area (Å²) in [6, 6.07) is 2.53. The Morgan fingerprint density at radius 2 is 2.24 bits per heavy atom. The molecule has 0 N–H and O–H groups in total. The van der Waals surface area contributed by atoms with Gasteiger partial charge >= 0.3 is 0 Å². The maximum atomic E-state index is 12.4. The first-order valence-electron chi connectivity index (χ1n) is 6.35. The van der Waals surface area contributed by atoms with Crippen molar-refractivity contribution in [2.75, 3.05) is 26.8 Å². The van der Waals surface area contributed by atoms with Crippen LogP contribution >= 0.6 is 23.2 Å². The van der Waals surface area contributed by atoms with Gasteiger partial charge in [0.05, 0.1) is 16.6 Å². The predicted octanol–water partition coefficient (Wildman–Crippen LogP) is 3.01. The molecule has 1 fully saturated rings. The minimum absolute atomic E-state index is 0.00172. The number of nitro benzene ring substituents is 1. The van der Waals surface area contributed by atoms with E-state index in [0.717, 1.165) is 6.42 Å². The van der Waals surface area contributed by atoms with E-state index in [9.17, 15) is 14.9 Å². The van der Waals surface area contributed by atoms with E-state index in [1.165, 1.54) is 12.1 Å². The Kier molecular flexibility index (Phi) is 5.03. The van der Waals surface area contributed by atoms with Crippen LogP contribution in [0.25, 0.3) is 0 Å². The zero-order valence-electron chi connectivity index (χ0n) is 11.3. The Bertz CT molecular complexity index is 580. The number of amides is 1. The van der Waals surface area contributed by atoms with Crippen molar-refractivity contribution in [2.24, 2.45) is 5.92 Å². The number of hydrogen-bond donors (Lipinski definition) is 0. The summed E-state index contributed by atoms with van der Waals surface area (Å²) in [5.41, 5.74) is -0.186. The molecule has 1 amide bonds. The monoisotopic (exact) mass is 332 g/mol. The molecule has 0 spiro atoms. The molecule has 0 aromatic heterocycles. The zero-order chi connectivity index (χ0) is 15.6. The molecule has 0 radical (unpaired) electrons. The van der Waals surface area contributed by atoms with E-state index in [1.54, 1.807) is 12.0 Å². The number of benzene rings is 1. The average molecular weight is 333 g/mol. The van der Waals surface area contributed by atoms with Crippen LogP contribution < -0.4 is 0 Å². The number of nitrogens with zero attached hydrogens (tertiary/aromatic N) is 2. The van der Waals surface area contributed by atoms with Crippen molar-refractivity contribution >= 4 is 34.8 Å². The molecule has 0 saturated carbocycles. The molecular formula is C13H14Cl2N2O4. The van der Waals surface area contributed by atoms with Gasteiger partial charge in [0.25, 0.3) is 11.6 Å². The summed E-state index contributed by atoms with van der Waals surface area (Å²) >= 11 is 11.6. The van der Waals surface area contributed by atoms with Crippen LogP contribution in [0.3, 0.4) is 0 Å². The molecule has 1 aliphatic rings. The molecule has 0 aliphatic carbocycles. The number of carbonyl (C=O) groups is 1. The van der Waals surface area contributed by atoms with Gasteiger partial charge in [0.15, 0.2) is 0 Å². The number of hydrogen-bond acceptors (Lipinski definition) is 4. The van der Waals surface area contributed by atoms with Crippen LogP contribution in [0.2, 0.25) is 10.0 Å². The summed E-state index contributed by atoms with van der Waals surface area (Å²) in [7, 11) is 1.62. The van der Waals surface area contributed by atoms with Crippen molar-refractivity contribution < 1.29 is 14.5 Å². The Balaban J connectivity index is 2.22. The SMILES string of the molecule is COCC1CCN(C(=O)c2cc(Cl)c(Cl)c([N+](=O)[O-])c2)C1. The smallest absolute Gasteiger partial charge is 0.290 e. The number of nitro groups is 1. The van der Waals surface area contributed by atoms with Crippen LogP contribution in [-0.4, -0.2) is 42.5 Å². The zero-order valence-corrected chi connectivity index (χ0v) is 12.9. The molecule has 114 valence electrons. The first-order chi connectivity index (χ1) is 9.93. The molecule has 1 atom stereocenters. The molecule has 1 aromatic rings. The van der Waals surface area contributed by atoms with Crippen molar-refractivity contribution in [1.82, 2.24) is 4.90 Å². The molecular weight excluding hydrogens is 319 g/mol. The van der Waals surface area contributed by atoms with Crippen LogP contribution in [-0.2, 0) is 4.74 Å². The Hall–Kier alpha value is -1.37. The lowest BCUT2D eigenvalue weighted by atomic mass is 10.1. The number of rotatable bonds is 4. The summed E-state index contributed by atoms with van der Waals surface area (Å²) in [6.45, 7) is 1.76. The minimum atomic E-state index is -0.650. The molecule has 1 unspecified atom stereocenters. The molecule has 2 rings (SSSR count). The van der Waals surface area contributed by atoms with Crippen molar-refractivity contribution in [2.45, 2.75) is 6.42 Å². The first kappa shape index (κ1) is 16.0. The van der Waals surface area contributed by atoms with Gasteiger partial charge in [0, 0.05) is 37.7 Å². The third kappa shape index (κ3) is 3.45. The molecule has 21 heavy (non-hydrogen) atoms. The highest BCUT2D eigenvalue weighted by Crippen LogP contribution is 2.33. The van der Waals surface area contributed by atoms with Crippen molar-refractivity contribution in [3.05, 3.63) is 37.9 Å². The third-order valence-corrected chi connectivity index (χ3v) is 4.22. The second-order valence-corrected chi connectivity index (χ2v) is 5.69. The van der Waals surface area contributed by atoms with Gasteiger partial charge in [0.1, 0.15) is 5.02 Å². The second-order valence-electron chi connectivity index (χ2n) is 4.91. The quantitative estimate of drug-likeness (QED) is 0.627. The highest BCUT2D eigenvalue weighted by atomic mass is 35.5. The molecule has 0 bridgehead atoms. The van der Waals surface area contributed by atoms with E-state index >= 15 is 0 Å². The molecule has 1 aliphatic heterocycles. The van der Waals surface area contributed by atoms with Crippen LogP contribution in [0.5, 0.6) is 0 Å². The van der Waals surface area contributed by atoms with E-state index in [0.29, 0.717) is 19.7 Å². The van der Waals surface area contributed by atoms with Gasteiger partial charge in [-0.1, -0.05) is 23.2 Å². The number of carbonyl (C=O) groups excluding carboxylic acids is 1.